The van der Waals surface area contributed by atoms with Crippen LogP contribution >= 0.6 is 0 Å². The van der Waals surface area contributed by atoms with E-state index in [9.17, 15) is 5.26 Å². The molecule has 6 nitrogen and oxygen atoms in total. The number of rotatable bonds is 8. The molecule has 2 N–H and O–H groups in total. The zero-order valence-corrected chi connectivity index (χ0v) is 17.8. The van der Waals surface area contributed by atoms with Gasteiger partial charge in [0, 0.05) is 36.6 Å². The van der Waals surface area contributed by atoms with Gasteiger partial charge in [0.1, 0.15) is 5.82 Å². The summed E-state index contributed by atoms with van der Waals surface area (Å²) in [5.74, 6) is 1.59. The van der Waals surface area contributed by atoms with Crippen molar-refractivity contribution in [3.05, 3.63) is 41.1 Å². The van der Waals surface area contributed by atoms with Gasteiger partial charge in [-0.1, -0.05) is 26.3 Å². The van der Waals surface area contributed by atoms with Crippen LogP contribution in [0.1, 0.15) is 56.4 Å². The summed E-state index contributed by atoms with van der Waals surface area (Å²) in [5, 5.41) is 16.2. The Hall–Kier alpha value is -2.65. The van der Waals surface area contributed by atoms with Crippen molar-refractivity contribution >= 4 is 17.5 Å². The maximum atomic E-state index is 9.31. The predicted octanol–water partition coefficient (Wildman–Crippen LogP) is 4.32. The van der Waals surface area contributed by atoms with E-state index in [1.54, 1.807) is 0 Å². The van der Waals surface area contributed by atoms with Crippen molar-refractivity contribution in [2.75, 3.05) is 29.9 Å². The summed E-state index contributed by atoms with van der Waals surface area (Å²) in [6.45, 7) is 9.29. The number of aromatic nitrogens is 2. The lowest BCUT2D eigenvalue weighted by Crippen LogP contribution is -2.46. The zero-order chi connectivity index (χ0) is 20.6. The van der Waals surface area contributed by atoms with E-state index in [1.165, 1.54) is 6.42 Å². The Balaban J connectivity index is 1.86. The molecule has 1 aromatic heterocycles. The largest absolute Gasteiger partial charge is 0.355 e. The first kappa shape index (κ1) is 21.1. The van der Waals surface area contributed by atoms with Crippen molar-refractivity contribution in [3.63, 3.8) is 0 Å². The summed E-state index contributed by atoms with van der Waals surface area (Å²) in [4.78, 5) is 11.9. The van der Waals surface area contributed by atoms with E-state index in [1.807, 2.05) is 25.1 Å². The number of nitrogens with zero attached hydrogens (tertiary/aromatic N) is 4. The van der Waals surface area contributed by atoms with Crippen LogP contribution in [-0.4, -0.2) is 35.6 Å². The third-order valence-corrected chi connectivity index (χ3v) is 5.40. The Labute approximate surface area is 174 Å². The van der Waals surface area contributed by atoms with Crippen molar-refractivity contribution in [2.24, 2.45) is 0 Å². The molecule has 0 spiro atoms. The standard InChI is InChI=1S/C23H32N6/c1-4-6-8-19-14-22(29-12-7-9-21(16-29)25-5-2)28-23(26-19)27-20-11-10-17(3)18(13-20)15-24/h10-11,13-14,21,25H,4-9,12,16H2,1-3H3,(H,26,27,28)/t21-/m1/s1. The summed E-state index contributed by atoms with van der Waals surface area (Å²) in [5.41, 5.74) is 3.55. The van der Waals surface area contributed by atoms with Crippen molar-refractivity contribution < 1.29 is 0 Å². The predicted molar refractivity (Wildman–Crippen MR) is 119 cm³/mol. The summed E-state index contributed by atoms with van der Waals surface area (Å²) >= 11 is 0. The van der Waals surface area contributed by atoms with Crippen LogP contribution in [0, 0.1) is 18.3 Å². The van der Waals surface area contributed by atoms with Crippen molar-refractivity contribution in [2.45, 2.75) is 58.9 Å². The smallest absolute Gasteiger partial charge is 0.229 e. The molecule has 1 aromatic carbocycles. The minimum absolute atomic E-state index is 0.509. The minimum Gasteiger partial charge on any atom is -0.355 e. The quantitative estimate of drug-likeness (QED) is 0.697. The number of anilines is 3. The van der Waals surface area contributed by atoms with E-state index >= 15 is 0 Å². The highest BCUT2D eigenvalue weighted by atomic mass is 15.2. The number of likely N-dealkylation sites (N-methyl/N-ethyl adjacent to an activating group) is 1. The van der Waals surface area contributed by atoms with Crippen LogP contribution in [-0.2, 0) is 6.42 Å². The monoisotopic (exact) mass is 392 g/mol. The average Bonchev–Trinajstić information content (AvgIpc) is 2.74. The summed E-state index contributed by atoms with van der Waals surface area (Å²) in [6, 6.07) is 10.7. The number of hydrogen-bond acceptors (Lipinski definition) is 6. The van der Waals surface area contributed by atoms with Crippen LogP contribution < -0.4 is 15.5 Å². The second-order valence-corrected chi connectivity index (χ2v) is 7.75. The fourth-order valence-corrected chi connectivity index (χ4v) is 3.78. The van der Waals surface area contributed by atoms with Crippen LogP contribution in [0.2, 0.25) is 0 Å². The lowest BCUT2D eigenvalue weighted by atomic mass is 10.1. The molecule has 0 amide bonds. The maximum Gasteiger partial charge on any atom is 0.229 e. The van der Waals surface area contributed by atoms with E-state index in [0.717, 1.165) is 68.1 Å². The molecule has 0 bridgehead atoms. The first-order valence-electron chi connectivity index (χ1n) is 10.8. The molecule has 0 radical (unpaired) electrons. The van der Waals surface area contributed by atoms with Gasteiger partial charge in [-0.15, -0.1) is 0 Å². The van der Waals surface area contributed by atoms with Crippen LogP contribution in [0.3, 0.4) is 0 Å². The molecule has 29 heavy (non-hydrogen) atoms. The number of nitrogens with one attached hydrogen (secondary N) is 2. The number of hydrogen-bond donors (Lipinski definition) is 2. The van der Waals surface area contributed by atoms with Gasteiger partial charge in [-0.3, -0.25) is 0 Å². The molecule has 2 heterocycles. The Bertz CT molecular complexity index is 855. The third kappa shape index (κ3) is 5.68. The number of nitriles is 1. The molecule has 1 fully saturated rings. The maximum absolute atomic E-state index is 9.31. The first-order valence-corrected chi connectivity index (χ1v) is 10.8. The Morgan fingerprint density at radius 2 is 2.10 bits per heavy atom. The lowest BCUT2D eigenvalue weighted by molar-refractivity contribution is 0.429. The lowest BCUT2D eigenvalue weighted by Gasteiger charge is -2.34. The molecule has 1 saturated heterocycles. The highest BCUT2D eigenvalue weighted by Gasteiger charge is 2.21. The topological polar surface area (TPSA) is 76.9 Å². The fourth-order valence-electron chi connectivity index (χ4n) is 3.78. The first-order chi connectivity index (χ1) is 14.1. The summed E-state index contributed by atoms with van der Waals surface area (Å²) in [7, 11) is 0. The molecule has 3 rings (SSSR count). The molecule has 0 saturated carbocycles. The van der Waals surface area contributed by atoms with Gasteiger partial charge in [-0.25, -0.2) is 4.98 Å². The fraction of sp³-hybridized carbons (Fsp3) is 0.522. The summed E-state index contributed by atoms with van der Waals surface area (Å²) < 4.78 is 0. The van der Waals surface area contributed by atoms with E-state index in [4.69, 9.17) is 9.97 Å². The molecular formula is C23H32N6. The van der Waals surface area contributed by atoms with Crippen molar-refractivity contribution in [1.29, 1.82) is 5.26 Å². The molecule has 1 aliphatic rings. The molecule has 2 aromatic rings. The van der Waals surface area contributed by atoms with Gasteiger partial charge in [-0.2, -0.15) is 10.2 Å². The van der Waals surface area contributed by atoms with Gasteiger partial charge in [-0.05, 0) is 56.8 Å². The second kappa shape index (κ2) is 10.2. The van der Waals surface area contributed by atoms with Crippen molar-refractivity contribution in [1.82, 2.24) is 15.3 Å². The molecule has 0 aliphatic carbocycles. The number of benzene rings is 1. The molecule has 1 aliphatic heterocycles. The van der Waals surface area contributed by atoms with E-state index in [2.05, 4.69) is 41.5 Å². The second-order valence-electron chi connectivity index (χ2n) is 7.75. The van der Waals surface area contributed by atoms with E-state index < -0.39 is 0 Å². The van der Waals surface area contributed by atoms with Gasteiger partial charge in [0.25, 0.3) is 0 Å². The van der Waals surface area contributed by atoms with Crippen LogP contribution in [0.25, 0.3) is 0 Å². The van der Waals surface area contributed by atoms with Crippen LogP contribution in [0.5, 0.6) is 0 Å². The average molecular weight is 393 g/mol. The van der Waals surface area contributed by atoms with Gasteiger partial charge >= 0.3 is 0 Å². The highest BCUT2D eigenvalue weighted by molar-refractivity contribution is 5.59. The number of piperidine rings is 1. The Kier molecular flexibility index (Phi) is 7.42. The number of aryl methyl sites for hydroxylation is 2. The van der Waals surface area contributed by atoms with Gasteiger partial charge in [0.15, 0.2) is 0 Å². The summed E-state index contributed by atoms with van der Waals surface area (Å²) in [6.07, 6.45) is 5.57. The molecule has 154 valence electrons. The molecule has 0 unspecified atom stereocenters. The number of unbranched alkanes of at least 4 members (excludes halogenated alkanes) is 1. The molecule has 1 atom stereocenters. The molecule has 6 heteroatoms. The minimum atomic E-state index is 0.509. The SMILES string of the molecule is CCCCc1cc(N2CCC[C@@H](NCC)C2)nc(Nc2ccc(C)c(C#N)c2)n1. The zero-order valence-electron chi connectivity index (χ0n) is 17.8. The van der Waals surface area contributed by atoms with Crippen molar-refractivity contribution in [3.8, 4) is 6.07 Å². The van der Waals surface area contributed by atoms with Gasteiger partial charge in [0.2, 0.25) is 5.95 Å². The highest BCUT2D eigenvalue weighted by Crippen LogP contribution is 2.23. The normalized spacial score (nSPS) is 16.5. The Morgan fingerprint density at radius 1 is 1.24 bits per heavy atom. The van der Waals surface area contributed by atoms with Crippen LogP contribution in [0.15, 0.2) is 24.3 Å². The van der Waals surface area contributed by atoms with E-state index in [-0.39, 0.29) is 0 Å². The third-order valence-electron chi connectivity index (χ3n) is 5.40. The van der Waals surface area contributed by atoms with Gasteiger partial charge < -0.3 is 15.5 Å². The molecular weight excluding hydrogens is 360 g/mol. The van der Waals surface area contributed by atoms with Gasteiger partial charge in [0.05, 0.1) is 11.6 Å². The Morgan fingerprint density at radius 3 is 2.86 bits per heavy atom. The van der Waals surface area contributed by atoms with Crippen LogP contribution in [0.4, 0.5) is 17.5 Å². The van der Waals surface area contributed by atoms with E-state index in [0.29, 0.717) is 17.6 Å².